The molecule has 2 aromatic carbocycles. The molecule has 4 rings (SSSR count). The molecule has 3 aromatic rings. The van der Waals surface area contributed by atoms with Crippen LogP contribution in [0, 0.1) is 5.92 Å². The minimum atomic E-state index is -0.863. The van der Waals surface area contributed by atoms with Gasteiger partial charge in [-0.1, -0.05) is 38.1 Å². The van der Waals surface area contributed by atoms with Gasteiger partial charge in [0.15, 0.2) is 0 Å². The fourth-order valence-electron chi connectivity index (χ4n) is 3.71. The van der Waals surface area contributed by atoms with Crippen LogP contribution in [0.3, 0.4) is 0 Å². The number of imide groups is 1. The molecule has 7 heteroatoms. The molecular weight excluding hydrogens is 368 g/mol. The molecule has 1 unspecified atom stereocenters. The van der Waals surface area contributed by atoms with Gasteiger partial charge in [-0.25, -0.2) is 4.98 Å². The van der Waals surface area contributed by atoms with Crippen molar-refractivity contribution in [3.8, 4) is 0 Å². The standard InChI is InChI=1S/C22H22N4O3/c1-13(2)19(26-21(28)14-7-3-4-8-15(14)22(26)29)20(27)23-12-11-18-24-16-9-5-6-10-17(16)25-18/h3-10,13,19H,11-12H2,1-2H3,(H,23,27)(H,24,25). The van der Waals surface area contributed by atoms with E-state index in [9.17, 15) is 14.4 Å². The highest BCUT2D eigenvalue weighted by Gasteiger charge is 2.43. The van der Waals surface area contributed by atoms with Gasteiger partial charge in [-0.3, -0.25) is 19.3 Å². The Balaban J connectivity index is 1.45. The second kappa shape index (κ2) is 7.50. The van der Waals surface area contributed by atoms with Crippen molar-refractivity contribution in [2.45, 2.75) is 26.3 Å². The highest BCUT2D eigenvalue weighted by molar-refractivity contribution is 6.22. The zero-order valence-electron chi connectivity index (χ0n) is 16.3. The first-order chi connectivity index (χ1) is 14.0. The number of amides is 3. The number of carbonyl (C=O) groups is 3. The Labute approximate surface area is 168 Å². The van der Waals surface area contributed by atoms with Crippen LogP contribution in [0.4, 0.5) is 0 Å². The molecule has 1 aliphatic rings. The summed E-state index contributed by atoms with van der Waals surface area (Å²) in [5, 5.41) is 2.86. The lowest BCUT2D eigenvalue weighted by molar-refractivity contribution is -0.126. The quantitative estimate of drug-likeness (QED) is 0.633. The van der Waals surface area contributed by atoms with E-state index in [4.69, 9.17) is 0 Å². The Bertz CT molecular complexity index is 1030. The number of hydrogen-bond acceptors (Lipinski definition) is 4. The molecule has 2 heterocycles. The Morgan fingerprint density at radius 2 is 1.66 bits per heavy atom. The number of fused-ring (bicyclic) bond motifs is 2. The highest BCUT2D eigenvalue weighted by atomic mass is 16.2. The monoisotopic (exact) mass is 390 g/mol. The van der Waals surface area contributed by atoms with Crippen molar-refractivity contribution in [1.82, 2.24) is 20.2 Å². The molecule has 0 spiro atoms. The lowest BCUT2D eigenvalue weighted by Gasteiger charge is -2.28. The zero-order valence-corrected chi connectivity index (χ0v) is 16.3. The predicted molar refractivity (Wildman–Crippen MR) is 108 cm³/mol. The van der Waals surface area contributed by atoms with Gasteiger partial charge in [-0.05, 0) is 30.2 Å². The number of hydrogen-bond donors (Lipinski definition) is 2. The maximum absolute atomic E-state index is 12.9. The van der Waals surface area contributed by atoms with Crippen molar-refractivity contribution < 1.29 is 14.4 Å². The number of para-hydroxylation sites is 2. The van der Waals surface area contributed by atoms with Crippen molar-refractivity contribution in [1.29, 1.82) is 0 Å². The number of aromatic nitrogens is 2. The van der Waals surface area contributed by atoms with Crippen LogP contribution in [0.2, 0.25) is 0 Å². The molecule has 2 N–H and O–H groups in total. The summed E-state index contributed by atoms with van der Waals surface area (Å²) in [6.45, 7) is 4.01. The average Bonchev–Trinajstić information content (AvgIpc) is 3.22. The van der Waals surface area contributed by atoms with Gasteiger partial charge in [0.2, 0.25) is 5.91 Å². The van der Waals surface area contributed by atoms with Crippen molar-refractivity contribution in [2.24, 2.45) is 5.92 Å². The van der Waals surface area contributed by atoms with E-state index in [-0.39, 0.29) is 11.8 Å². The third-order valence-corrected chi connectivity index (χ3v) is 5.10. The summed E-state index contributed by atoms with van der Waals surface area (Å²) in [7, 11) is 0. The van der Waals surface area contributed by atoms with Gasteiger partial charge in [0, 0.05) is 13.0 Å². The number of nitrogens with one attached hydrogen (secondary N) is 2. The SMILES string of the molecule is CC(C)C(C(=O)NCCc1nc2ccccc2[nH]1)N1C(=O)c2ccccc2C1=O. The molecule has 0 saturated heterocycles. The lowest BCUT2D eigenvalue weighted by Crippen LogP contribution is -2.52. The van der Waals surface area contributed by atoms with Crippen molar-refractivity contribution in [2.75, 3.05) is 6.54 Å². The predicted octanol–water partition coefficient (Wildman–Crippen LogP) is 2.54. The number of imidazole rings is 1. The minimum absolute atomic E-state index is 0.219. The van der Waals surface area contributed by atoms with Gasteiger partial charge in [0.05, 0.1) is 22.2 Å². The van der Waals surface area contributed by atoms with Gasteiger partial charge >= 0.3 is 0 Å². The second-order valence-corrected chi connectivity index (χ2v) is 7.46. The van der Waals surface area contributed by atoms with Gasteiger partial charge in [0.25, 0.3) is 11.8 Å². The summed E-state index contributed by atoms with van der Waals surface area (Å²) >= 11 is 0. The number of rotatable bonds is 6. The molecule has 0 radical (unpaired) electrons. The van der Waals surface area contributed by atoms with Crippen molar-refractivity contribution in [3.63, 3.8) is 0 Å². The molecule has 0 saturated carbocycles. The van der Waals surface area contributed by atoms with Crippen LogP contribution in [0.25, 0.3) is 11.0 Å². The first-order valence-electron chi connectivity index (χ1n) is 9.65. The maximum Gasteiger partial charge on any atom is 0.262 e. The topological polar surface area (TPSA) is 95.2 Å². The molecule has 1 aromatic heterocycles. The molecule has 7 nitrogen and oxygen atoms in total. The Morgan fingerprint density at radius 1 is 1.03 bits per heavy atom. The number of H-pyrrole nitrogens is 1. The van der Waals surface area contributed by atoms with Crippen LogP contribution in [-0.2, 0) is 11.2 Å². The number of nitrogens with zero attached hydrogens (tertiary/aromatic N) is 2. The summed E-state index contributed by atoms with van der Waals surface area (Å²) in [6, 6.07) is 13.5. The second-order valence-electron chi connectivity index (χ2n) is 7.46. The van der Waals surface area contributed by atoms with E-state index in [1.165, 1.54) is 0 Å². The molecule has 1 atom stereocenters. The largest absolute Gasteiger partial charge is 0.354 e. The Kier molecular flexibility index (Phi) is 4.88. The maximum atomic E-state index is 12.9. The Hall–Kier alpha value is -3.48. The first kappa shape index (κ1) is 18.9. The number of aromatic amines is 1. The number of benzene rings is 2. The fourth-order valence-corrected chi connectivity index (χ4v) is 3.71. The summed E-state index contributed by atoms with van der Waals surface area (Å²) < 4.78 is 0. The highest BCUT2D eigenvalue weighted by Crippen LogP contribution is 2.27. The fraction of sp³-hybridized carbons (Fsp3) is 0.273. The van der Waals surface area contributed by atoms with Crippen LogP contribution >= 0.6 is 0 Å². The van der Waals surface area contributed by atoms with Crippen LogP contribution in [0.15, 0.2) is 48.5 Å². The molecule has 0 fully saturated rings. The molecule has 3 amide bonds. The van der Waals surface area contributed by atoms with E-state index < -0.39 is 17.9 Å². The van der Waals surface area contributed by atoms with Crippen LogP contribution in [0.5, 0.6) is 0 Å². The molecule has 29 heavy (non-hydrogen) atoms. The smallest absolute Gasteiger partial charge is 0.262 e. The van der Waals surface area contributed by atoms with Gasteiger partial charge in [-0.2, -0.15) is 0 Å². The first-order valence-corrected chi connectivity index (χ1v) is 9.65. The van der Waals surface area contributed by atoms with Gasteiger partial charge in [0.1, 0.15) is 11.9 Å². The van der Waals surface area contributed by atoms with E-state index in [1.54, 1.807) is 24.3 Å². The van der Waals surface area contributed by atoms with Crippen molar-refractivity contribution in [3.05, 3.63) is 65.5 Å². The van der Waals surface area contributed by atoms with E-state index in [0.29, 0.717) is 24.1 Å². The molecular formula is C22H22N4O3. The van der Waals surface area contributed by atoms with E-state index in [1.807, 2.05) is 38.1 Å². The van der Waals surface area contributed by atoms with E-state index in [0.717, 1.165) is 21.8 Å². The average molecular weight is 390 g/mol. The summed E-state index contributed by atoms with van der Waals surface area (Å²) in [6.07, 6.45) is 0.521. The number of carbonyl (C=O) groups excluding carboxylic acids is 3. The Morgan fingerprint density at radius 3 is 2.28 bits per heavy atom. The third-order valence-electron chi connectivity index (χ3n) is 5.10. The van der Waals surface area contributed by atoms with E-state index in [2.05, 4.69) is 15.3 Å². The van der Waals surface area contributed by atoms with Gasteiger partial charge < -0.3 is 10.3 Å². The summed E-state index contributed by atoms with van der Waals surface area (Å²) in [4.78, 5) is 47.2. The molecule has 0 bridgehead atoms. The molecule has 1 aliphatic heterocycles. The lowest BCUT2D eigenvalue weighted by atomic mass is 10.0. The van der Waals surface area contributed by atoms with Crippen LogP contribution < -0.4 is 5.32 Å². The third kappa shape index (κ3) is 3.40. The minimum Gasteiger partial charge on any atom is -0.354 e. The van der Waals surface area contributed by atoms with Gasteiger partial charge in [-0.15, -0.1) is 0 Å². The van der Waals surface area contributed by atoms with Crippen molar-refractivity contribution >= 4 is 28.8 Å². The molecule has 0 aliphatic carbocycles. The summed E-state index contributed by atoms with van der Waals surface area (Å²) in [5.41, 5.74) is 2.51. The molecule has 148 valence electrons. The van der Waals surface area contributed by atoms with Crippen LogP contribution in [-0.4, -0.2) is 45.2 Å². The van der Waals surface area contributed by atoms with E-state index >= 15 is 0 Å². The normalized spacial score (nSPS) is 14.5. The zero-order chi connectivity index (χ0) is 20.5. The van der Waals surface area contributed by atoms with Crippen LogP contribution in [0.1, 0.15) is 40.4 Å². The summed E-state index contributed by atoms with van der Waals surface area (Å²) in [5.74, 6) is -0.629.